The van der Waals surface area contributed by atoms with E-state index < -0.39 is 0 Å². The number of halogens is 2. The van der Waals surface area contributed by atoms with Crippen LogP contribution in [-0.2, 0) is 23.2 Å². The molecule has 160 valence electrons. The molecule has 6 heteroatoms. The number of nitrogens with zero attached hydrogens (tertiary/aromatic N) is 2. The molecule has 1 amide bonds. The van der Waals surface area contributed by atoms with Gasteiger partial charge in [-0.25, -0.2) is 9.37 Å². The molecule has 3 aromatic rings. The van der Waals surface area contributed by atoms with Gasteiger partial charge in [-0.15, -0.1) is 11.6 Å². The average molecular weight is 439 g/mol. The molecule has 0 atom stereocenters. The number of benzene rings is 2. The van der Waals surface area contributed by atoms with Crippen LogP contribution in [0.4, 0.5) is 10.1 Å². The van der Waals surface area contributed by atoms with Crippen LogP contribution in [0.1, 0.15) is 36.2 Å². The van der Waals surface area contributed by atoms with Gasteiger partial charge in [0, 0.05) is 23.9 Å². The lowest BCUT2D eigenvalue weighted by molar-refractivity contribution is -0.116. The largest absolute Gasteiger partial charge is 0.473 e. The van der Waals surface area contributed by atoms with Crippen LogP contribution in [-0.4, -0.2) is 23.3 Å². The third-order valence-corrected chi connectivity index (χ3v) is 5.70. The lowest BCUT2D eigenvalue weighted by atomic mass is 9.91. The monoisotopic (exact) mass is 438 g/mol. The summed E-state index contributed by atoms with van der Waals surface area (Å²) in [7, 11) is 0. The number of amides is 1. The molecule has 4 nitrogen and oxygen atoms in total. The van der Waals surface area contributed by atoms with Crippen molar-refractivity contribution in [2.24, 2.45) is 0 Å². The Labute approximate surface area is 186 Å². The number of aromatic nitrogens is 1. The second kappa shape index (κ2) is 8.67. The molecule has 0 fully saturated rings. The highest BCUT2D eigenvalue weighted by molar-refractivity contribution is 6.29. The topological polar surface area (TPSA) is 42.4 Å². The van der Waals surface area contributed by atoms with Crippen LogP contribution < -0.4 is 9.64 Å². The Kier molecular flexibility index (Phi) is 5.96. The predicted octanol–water partition coefficient (Wildman–Crippen LogP) is 5.25. The Bertz CT molecular complexity index is 1080. The quantitative estimate of drug-likeness (QED) is 0.493. The van der Waals surface area contributed by atoms with Gasteiger partial charge in [0.05, 0.1) is 11.4 Å². The normalized spacial score (nSPS) is 14.4. The van der Waals surface area contributed by atoms with E-state index in [-0.39, 0.29) is 23.0 Å². The van der Waals surface area contributed by atoms with Crippen molar-refractivity contribution in [2.45, 2.75) is 32.3 Å². The number of hydrogen-bond donors (Lipinski definition) is 0. The molecular weight excluding hydrogens is 415 g/mol. The molecule has 1 aromatic heterocycles. The van der Waals surface area contributed by atoms with Crippen molar-refractivity contribution in [3.8, 4) is 5.88 Å². The van der Waals surface area contributed by atoms with Crippen LogP contribution in [0.5, 0.6) is 5.88 Å². The van der Waals surface area contributed by atoms with E-state index in [1.807, 2.05) is 36.4 Å². The van der Waals surface area contributed by atoms with Gasteiger partial charge in [0.2, 0.25) is 11.8 Å². The summed E-state index contributed by atoms with van der Waals surface area (Å²) in [6.45, 7) is 5.01. The van der Waals surface area contributed by atoms with Crippen LogP contribution >= 0.6 is 11.6 Å². The maximum atomic E-state index is 13.4. The lowest BCUT2D eigenvalue weighted by Gasteiger charge is -2.19. The number of carbonyl (C=O) groups excluding carboxylic acids is 1. The van der Waals surface area contributed by atoms with E-state index in [9.17, 15) is 9.18 Å². The first-order valence-electron chi connectivity index (χ1n) is 10.2. The Morgan fingerprint density at radius 2 is 1.84 bits per heavy atom. The maximum Gasteiger partial charge on any atom is 0.241 e. The van der Waals surface area contributed by atoms with Gasteiger partial charge in [-0.05, 0) is 29.3 Å². The van der Waals surface area contributed by atoms with Crippen molar-refractivity contribution < 1.29 is 13.9 Å². The molecule has 31 heavy (non-hydrogen) atoms. The van der Waals surface area contributed by atoms with Crippen LogP contribution in [0.3, 0.4) is 0 Å². The summed E-state index contributed by atoms with van der Waals surface area (Å²) in [6.07, 6.45) is 0.508. The van der Waals surface area contributed by atoms with Crippen molar-refractivity contribution in [2.75, 3.05) is 17.3 Å². The van der Waals surface area contributed by atoms with E-state index in [4.69, 9.17) is 21.3 Å². The molecule has 0 saturated heterocycles. The number of rotatable bonds is 6. The number of alkyl halides is 1. The molecule has 0 aliphatic carbocycles. The molecule has 0 spiro atoms. The van der Waals surface area contributed by atoms with Crippen molar-refractivity contribution >= 4 is 23.2 Å². The highest BCUT2D eigenvalue weighted by atomic mass is 35.5. The van der Waals surface area contributed by atoms with E-state index >= 15 is 0 Å². The van der Waals surface area contributed by atoms with Crippen molar-refractivity contribution in [3.05, 3.63) is 88.9 Å². The van der Waals surface area contributed by atoms with Gasteiger partial charge in [-0.3, -0.25) is 4.79 Å². The molecule has 0 unspecified atom stereocenters. The SMILES string of the molecule is CC1(C)CN(C(=O)CCl)c2cc(Cc3ccc(F)cc3)c(OCc3ccccc3)nc21. The minimum absolute atomic E-state index is 0.0882. The first-order valence-corrected chi connectivity index (χ1v) is 10.7. The fourth-order valence-electron chi connectivity index (χ4n) is 3.88. The number of ether oxygens (including phenoxy) is 1. The third kappa shape index (κ3) is 4.57. The van der Waals surface area contributed by atoms with E-state index in [0.29, 0.717) is 25.5 Å². The minimum Gasteiger partial charge on any atom is -0.473 e. The molecule has 1 aliphatic heterocycles. The maximum absolute atomic E-state index is 13.4. The number of hydrogen-bond acceptors (Lipinski definition) is 3. The van der Waals surface area contributed by atoms with Crippen LogP contribution in [0.2, 0.25) is 0 Å². The zero-order valence-electron chi connectivity index (χ0n) is 17.6. The Morgan fingerprint density at radius 1 is 1.13 bits per heavy atom. The average Bonchev–Trinajstić information content (AvgIpc) is 3.04. The molecule has 0 N–H and O–H groups in total. The highest BCUT2D eigenvalue weighted by Crippen LogP contribution is 2.42. The second-order valence-electron chi connectivity index (χ2n) is 8.40. The van der Waals surface area contributed by atoms with Gasteiger partial charge in [0.25, 0.3) is 0 Å². The first-order chi connectivity index (χ1) is 14.9. The molecule has 2 aromatic carbocycles. The van der Waals surface area contributed by atoms with E-state index in [1.165, 1.54) is 12.1 Å². The predicted molar refractivity (Wildman–Crippen MR) is 120 cm³/mol. The Hall–Kier alpha value is -2.92. The summed E-state index contributed by atoms with van der Waals surface area (Å²) in [4.78, 5) is 19.0. The van der Waals surface area contributed by atoms with Gasteiger partial charge in [0.15, 0.2) is 0 Å². The van der Waals surface area contributed by atoms with Crippen molar-refractivity contribution in [1.82, 2.24) is 4.98 Å². The fraction of sp³-hybridized carbons (Fsp3) is 0.280. The zero-order chi connectivity index (χ0) is 22.0. The van der Waals surface area contributed by atoms with E-state index in [2.05, 4.69) is 13.8 Å². The Morgan fingerprint density at radius 3 is 2.52 bits per heavy atom. The summed E-state index contributed by atoms with van der Waals surface area (Å²) in [5.41, 5.74) is 4.06. The molecule has 4 rings (SSSR count). The van der Waals surface area contributed by atoms with Gasteiger partial charge in [0.1, 0.15) is 18.3 Å². The number of carbonyl (C=O) groups is 1. The summed E-state index contributed by atoms with van der Waals surface area (Å²) in [6, 6.07) is 18.2. The lowest BCUT2D eigenvalue weighted by Crippen LogP contribution is -2.34. The summed E-state index contributed by atoms with van der Waals surface area (Å²) in [5.74, 6) is 0.00730. The fourth-order valence-corrected chi connectivity index (χ4v) is 4.02. The van der Waals surface area contributed by atoms with Crippen molar-refractivity contribution in [3.63, 3.8) is 0 Å². The van der Waals surface area contributed by atoms with Crippen LogP contribution in [0, 0.1) is 5.82 Å². The third-order valence-electron chi connectivity index (χ3n) is 5.47. The van der Waals surface area contributed by atoms with Gasteiger partial charge >= 0.3 is 0 Å². The van der Waals surface area contributed by atoms with Crippen LogP contribution in [0.15, 0.2) is 60.7 Å². The molecule has 0 bridgehead atoms. The second-order valence-corrected chi connectivity index (χ2v) is 8.66. The smallest absolute Gasteiger partial charge is 0.241 e. The van der Waals surface area contributed by atoms with Gasteiger partial charge in [-0.2, -0.15) is 0 Å². The van der Waals surface area contributed by atoms with Gasteiger partial charge in [-0.1, -0.05) is 56.3 Å². The first kappa shape index (κ1) is 21.3. The number of fused-ring (bicyclic) bond motifs is 1. The molecule has 0 saturated carbocycles. The summed E-state index contributed by atoms with van der Waals surface area (Å²) in [5, 5.41) is 0. The molecular formula is C25H24ClFN2O2. The Balaban J connectivity index is 1.74. The summed E-state index contributed by atoms with van der Waals surface area (Å²) < 4.78 is 19.5. The molecule has 0 radical (unpaired) electrons. The van der Waals surface area contributed by atoms with Crippen LogP contribution in [0.25, 0.3) is 0 Å². The van der Waals surface area contributed by atoms with E-state index in [1.54, 1.807) is 17.0 Å². The molecule has 2 heterocycles. The minimum atomic E-state index is -0.323. The number of anilines is 1. The highest BCUT2D eigenvalue weighted by Gasteiger charge is 2.40. The molecule has 1 aliphatic rings. The summed E-state index contributed by atoms with van der Waals surface area (Å²) >= 11 is 5.85. The van der Waals surface area contributed by atoms with Gasteiger partial charge < -0.3 is 9.64 Å². The zero-order valence-corrected chi connectivity index (χ0v) is 18.3. The standard InChI is InChI=1S/C25H24ClFN2O2/c1-25(2)16-29(22(30)14-26)21-13-19(12-17-8-10-20(27)11-9-17)24(28-23(21)25)31-15-18-6-4-3-5-7-18/h3-11,13H,12,14-16H2,1-2H3. The number of pyridine rings is 1. The van der Waals surface area contributed by atoms with E-state index in [0.717, 1.165) is 28.1 Å². The van der Waals surface area contributed by atoms with Crippen molar-refractivity contribution in [1.29, 1.82) is 0 Å².